The van der Waals surface area contributed by atoms with Crippen molar-refractivity contribution in [3.63, 3.8) is 0 Å². The van der Waals surface area contributed by atoms with Crippen LogP contribution in [0.5, 0.6) is 0 Å². The maximum Gasteiger partial charge on any atom is 0.338 e. The Hall–Kier alpha value is -3.88. The Kier molecular flexibility index (Phi) is 7.87. The SMILES string of the molecule is Cc1ccc(NC(=O)COC(=O)c2ccc(/C=C3\SC(=O)N(Cc4ccc(Cl)cc4)C3=O)cc2)cc1. The maximum absolute atomic E-state index is 12.7. The normalized spacial score (nSPS) is 14.3. The Bertz CT molecular complexity index is 1340. The molecule has 7 nitrogen and oxygen atoms in total. The lowest BCUT2D eigenvalue weighted by atomic mass is 10.1. The van der Waals surface area contributed by atoms with Crippen LogP contribution >= 0.6 is 23.4 Å². The van der Waals surface area contributed by atoms with E-state index in [9.17, 15) is 19.2 Å². The number of esters is 1. The van der Waals surface area contributed by atoms with E-state index in [0.717, 1.165) is 22.9 Å². The topological polar surface area (TPSA) is 92.8 Å². The summed E-state index contributed by atoms with van der Waals surface area (Å²) in [5.74, 6) is -1.48. The van der Waals surface area contributed by atoms with Gasteiger partial charge in [-0.15, -0.1) is 0 Å². The molecule has 1 fully saturated rings. The summed E-state index contributed by atoms with van der Waals surface area (Å²) in [6.45, 7) is 1.67. The Labute approximate surface area is 217 Å². The summed E-state index contributed by atoms with van der Waals surface area (Å²) >= 11 is 6.75. The number of amides is 3. The minimum absolute atomic E-state index is 0.154. The lowest BCUT2D eigenvalue weighted by Crippen LogP contribution is -2.27. The number of carbonyl (C=O) groups excluding carboxylic acids is 4. The van der Waals surface area contributed by atoms with Crippen LogP contribution in [-0.4, -0.2) is 34.5 Å². The van der Waals surface area contributed by atoms with Crippen LogP contribution in [-0.2, 0) is 20.9 Å². The van der Waals surface area contributed by atoms with Crippen LogP contribution in [0.2, 0.25) is 5.02 Å². The molecule has 9 heteroatoms. The molecule has 0 bridgehead atoms. The molecule has 0 spiro atoms. The van der Waals surface area contributed by atoms with E-state index in [1.54, 1.807) is 54.6 Å². The van der Waals surface area contributed by atoms with Gasteiger partial charge in [0.05, 0.1) is 17.0 Å². The number of ether oxygens (including phenoxy) is 1. The van der Waals surface area contributed by atoms with E-state index in [2.05, 4.69) is 5.32 Å². The third-order valence-electron chi connectivity index (χ3n) is 5.24. The van der Waals surface area contributed by atoms with Gasteiger partial charge >= 0.3 is 5.97 Å². The van der Waals surface area contributed by atoms with Gasteiger partial charge in [0.1, 0.15) is 0 Å². The average molecular weight is 521 g/mol. The Morgan fingerprint density at radius 1 is 0.972 bits per heavy atom. The monoisotopic (exact) mass is 520 g/mol. The van der Waals surface area contributed by atoms with E-state index in [4.69, 9.17) is 16.3 Å². The molecule has 1 aliphatic heterocycles. The smallest absolute Gasteiger partial charge is 0.338 e. The highest BCUT2D eigenvalue weighted by molar-refractivity contribution is 8.18. The molecule has 1 aliphatic rings. The molecule has 0 aliphatic carbocycles. The van der Waals surface area contributed by atoms with E-state index in [1.165, 1.54) is 17.0 Å². The van der Waals surface area contributed by atoms with Gasteiger partial charge in [0.2, 0.25) is 0 Å². The molecule has 36 heavy (non-hydrogen) atoms. The third kappa shape index (κ3) is 6.41. The first-order valence-corrected chi connectivity index (χ1v) is 12.1. The lowest BCUT2D eigenvalue weighted by Gasteiger charge is -2.12. The molecule has 0 aromatic heterocycles. The number of rotatable bonds is 7. The summed E-state index contributed by atoms with van der Waals surface area (Å²) < 4.78 is 5.08. The van der Waals surface area contributed by atoms with E-state index in [0.29, 0.717) is 16.3 Å². The number of nitrogens with one attached hydrogen (secondary N) is 1. The summed E-state index contributed by atoms with van der Waals surface area (Å²) in [6.07, 6.45) is 1.59. The van der Waals surface area contributed by atoms with E-state index in [1.807, 2.05) is 19.1 Å². The van der Waals surface area contributed by atoms with Crippen molar-refractivity contribution in [1.29, 1.82) is 0 Å². The zero-order valence-corrected chi connectivity index (χ0v) is 20.8. The van der Waals surface area contributed by atoms with Crippen molar-refractivity contribution in [2.45, 2.75) is 13.5 Å². The van der Waals surface area contributed by atoms with Gasteiger partial charge in [0, 0.05) is 10.7 Å². The first-order valence-electron chi connectivity index (χ1n) is 10.9. The van der Waals surface area contributed by atoms with Crippen LogP contribution in [0.15, 0.2) is 77.7 Å². The molecule has 1 heterocycles. The summed E-state index contributed by atoms with van der Waals surface area (Å²) in [4.78, 5) is 50.9. The molecule has 0 unspecified atom stereocenters. The number of carbonyl (C=O) groups is 4. The van der Waals surface area contributed by atoms with Crippen LogP contribution in [0, 0.1) is 6.92 Å². The molecule has 4 rings (SSSR count). The average Bonchev–Trinajstić information content (AvgIpc) is 3.13. The zero-order chi connectivity index (χ0) is 25.7. The van der Waals surface area contributed by atoms with E-state index < -0.39 is 18.5 Å². The Morgan fingerprint density at radius 2 is 1.64 bits per heavy atom. The highest BCUT2D eigenvalue weighted by atomic mass is 35.5. The van der Waals surface area contributed by atoms with Gasteiger partial charge in [0.25, 0.3) is 17.1 Å². The standard InChI is InChI=1S/C27H21ClN2O5S/c1-17-2-12-22(13-3-17)29-24(31)16-35-26(33)20-8-4-18(5-9-20)14-23-25(32)30(27(34)36-23)15-19-6-10-21(28)11-7-19/h2-14H,15-16H2,1H3,(H,29,31)/b23-14-. The van der Waals surface area contributed by atoms with Gasteiger partial charge in [0.15, 0.2) is 6.61 Å². The molecule has 0 atom stereocenters. The van der Waals surface area contributed by atoms with Crippen molar-refractivity contribution >= 4 is 58.1 Å². The largest absolute Gasteiger partial charge is 0.452 e. The molecule has 1 N–H and O–H groups in total. The minimum Gasteiger partial charge on any atom is -0.452 e. The second kappa shape index (κ2) is 11.2. The second-order valence-electron chi connectivity index (χ2n) is 8.01. The molecular formula is C27H21ClN2O5S. The minimum atomic E-state index is -0.649. The number of benzene rings is 3. The van der Waals surface area contributed by atoms with Crippen molar-refractivity contribution in [2.24, 2.45) is 0 Å². The third-order valence-corrected chi connectivity index (χ3v) is 6.40. The summed E-state index contributed by atoms with van der Waals surface area (Å²) in [7, 11) is 0. The highest BCUT2D eigenvalue weighted by Crippen LogP contribution is 2.33. The van der Waals surface area contributed by atoms with Crippen molar-refractivity contribution < 1.29 is 23.9 Å². The highest BCUT2D eigenvalue weighted by Gasteiger charge is 2.34. The fourth-order valence-electron chi connectivity index (χ4n) is 3.32. The number of aryl methyl sites for hydroxylation is 1. The van der Waals surface area contributed by atoms with Crippen LogP contribution in [0.25, 0.3) is 6.08 Å². The predicted octanol–water partition coefficient (Wildman–Crippen LogP) is 5.68. The molecule has 3 amide bonds. The van der Waals surface area contributed by atoms with Crippen molar-refractivity contribution in [3.8, 4) is 0 Å². The number of halogens is 1. The van der Waals surface area contributed by atoms with Crippen LogP contribution in [0.4, 0.5) is 10.5 Å². The number of hydrogen-bond acceptors (Lipinski definition) is 6. The van der Waals surface area contributed by atoms with Gasteiger partial charge in [-0.05, 0) is 72.3 Å². The summed E-state index contributed by atoms with van der Waals surface area (Å²) in [5, 5.41) is 2.88. The number of hydrogen-bond donors (Lipinski definition) is 1. The maximum atomic E-state index is 12.7. The first kappa shape index (κ1) is 25.2. The number of thioether (sulfide) groups is 1. The van der Waals surface area contributed by atoms with Gasteiger partial charge in [-0.3, -0.25) is 19.3 Å². The molecular weight excluding hydrogens is 500 g/mol. The lowest BCUT2D eigenvalue weighted by molar-refractivity contribution is -0.123. The number of anilines is 1. The fourth-order valence-corrected chi connectivity index (χ4v) is 4.29. The number of nitrogens with zero attached hydrogens (tertiary/aromatic N) is 1. The molecule has 3 aromatic carbocycles. The predicted molar refractivity (Wildman–Crippen MR) is 139 cm³/mol. The molecule has 0 radical (unpaired) electrons. The number of imide groups is 1. The first-order chi connectivity index (χ1) is 17.3. The molecule has 1 saturated heterocycles. The van der Waals surface area contributed by atoms with E-state index in [-0.39, 0.29) is 28.2 Å². The Balaban J connectivity index is 1.33. The summed E-state index contributed by atoms with van der Waals surface area (Å²) in [5.41, 5.74) is 3.37. The molecule has 3 aromatic rings. The second-order valence-corrected chi connectivity index (χ2v) is 9.44. The zero-order valence-electron chi connectivity index (χ0n) is 19.2. The van der Waals surface area contributed by atoms with Crippen LogP contribution < -0.4 is 5.32 Å². The quantitative estimate of drug-likeness (QED) is 0.318. The van der Waals surface area contributed by atoms with Crippen LogP contribution in [0.1, 0.15) is 27.0 Å². The van der Waals surface area contributed by atoms with Gasteiger partial charge in [-0.25, -0.2) is 4.79 Å². The Morgan fingerprint density at radius 3 is 2.31 bits per heavy atom. The molecule has 182 valence electrons. The van der Waals surface area contributed by atoms with Crippen molar-refractivity contribution in [3.05, 3.63) is 105 Å². The van der Waals surface area contributed by atoms with E-state index >= 15 is 0 Å². The summed E-state index contributed by atoms with van der Waals surface area (Å²) in [6, 6.07) is 20.5. The van der Waals surface area contributed by atoms with Gasteiger partial charge in [-0.2, -0.15) is 0 Å². The van der Waals surface area contributed by atoms with Crippen molar-refractivity contribution in [2.75, 3.05) is 11.9 Å². The van der Waals surface area contributed by atoms with Crippen molar-refractivity contribution in [1.82, 2.24) is 4.90 Å². The van der Waals surface area contributed by atoms with Gasteiger partial charge in [-0.1, -0.05) is 53.6 Å². The van der Waals surface area contributed by atoms with Gasteiger partial charge < -0.3 is 10.1 Å². The fraction of sp³-hybridized carbons (Fsp3) is 0.111. The van der Waals surface area contributed by atoms with Crippen LogP contribution in [0.3, 0.4) is 0 Å². The molecule has 0 saturated carbocycles.